The molecule has 0 amide bonds. The summed E-state index contributed by atoms with van der Waals surface area (Å²) in [4.78, 5) is 27.7. The molecule has 3 aromatic rings. The highest BCUT2D eigenvalue weighted by Crippen LogP contribution is 2.30. The quantitative estimate of drug-likeness (QED) is 0.537. The van der Waals surface area contributed by atoms with Gasteiger partial charge in [0.25, 0.3) is 0 Å². The number of aromatic nitrogens is 3. The van der Waals surface area contributed by atoms with Gasteiger partial charge in [0.1, 0.15) is 18.1 Å². The van der Waals surface area contributed by atoms with E-state index in [1.807, 2.05) is 31.1 Å². The van der Waals surface area contributed by atoms with Gasteiger partial charge >= 0.3 is 0 Å². The van der Waals surface area contributed by atoms with Crippen LogP contribution in [-0.4, -0.2) is 58.7 Å². The molecule has 0 saturated carbocycles. The van der Waals surface area contributed by atoms with Crippen molar-refractivity contribution in [1.82, 2.24) is 19.9 Å². The van der Waals surface area contributed by atoms with Crippen molar-refractivity contribution in [3.63, 3.8) is 0 Å². The number of nitrogens with zero attached hydrogens (tertiary/aromatic N) is 4. The molecule has 0 unspecified atom stereocenters. The van der Waals surface area contributed by atoms with Crippen LogP contribution < -0.4 is 4.74 Å². The molecule has 1 aliphatic carbocycles. The predicted molar refractivity (Wildman–Crippen MR) is 96.6 cm³/mol. The van der Waals surface area contributed by atoms with Crippen LogP contribution in [0.25, 0.3) is 5.69 Å². The van der Waals surface area contributed by atoms with Crippen molar-refractivity contribution in [3.8, 4) is 11.4 Å². The number of fused-ring (bicyclic) bond motifs is 2. The number of ether oxygens (including phenoxy) is 1. The first-order chi connectivity index (χ1) is 12.6. The van der Waals surface area contributed by atoms with E-state index in [0.29, 0.717) is 22.7 Å². The molecule has 4 rings (SSSR count). The normalized spacial score (nSPS) is 13.0. The summed E-state index contributed by atoms with van der Waals surface area (Å²) in [6.45, 7) is 1.40. The van der Waals surface area contributed by atoms with Gasteiger partial charge in [-0.25, -0.2) is 4.68 Å². The molecule has 7 nitrogen and oxygen atoms in total. The lowest BCUT2D eigenvalue weighted by molar-refractivity contribution is 0.0976. The molecule has 0 fully saturated rings. The van der Waals surface area contributed by atoms with Gasteiger partial charge in [0.15, 0.2) is 5.69 Å². The van der Waals surface area contributed by atoms with Crippen LogP contribution in [0.3, 0.4) is 0 Å². The Morgan fingerprint density at radius 2 is 1.88 bits per heavy atom. The number of carbonyl (C=O) groups excluding carboxylic acids is 2. The second-order valence-corrected chi connectivity index (χ2v) is 7.08. The monoisotopic (exact) mass is 368 g/mol. The molecular weight excluding hydrogens is 352 g/mol. The maximum atomic E-state index is 12.8. The highest BCUT2D eigenvalue weighted by Gasteiger charge is 2.36. The fraction of sp³-hybridized carbons (Fsp3) is 0.222. The molecule has 0 spiro atoms. The molecule has 2 heterocycles. The highest BCUT2D eigenvalue weighted by molar-refractivity contribution is 7.12. The van der Waals surface area contributed by atoms with Gasteiger partial charge in [-0.3, -0.25) is 9.59 Å². The van der Waals surface area contributed by atoms with E-state index >= 15 is 0 Å². The zero-order valence-electron chi connectivity index (χ0n) is 14.3. The van der Waals surface area contributed by atoms with Gasteiger partial charge in [-0.1, -0.05) is 5.21 Å². The van der Waals surface area contributed by atoms with Crippen LogP contribution in [0.1, 0.15) is 31.4 Å². The van der Waals surface area contributed by atoms with Gasteiger partial charge in [-0.05, 0) is 49.8 Å². The summed E-state index contributed by atoms with van der Waals surface area (Å²) in [6.07, 6.45) is 0. The Morgan fingerprint density at radius 3 is 2.62 bits per heavy atom. The fourth-order valence-corrected chi connectivity index (χ4v) is 3.58. The number of hydrogen-bond acceptors (Lipinski definition) is 7. The molecular formula is C18H16N4O3S. The lowest BCUT2D eigenvalue weighted by Gasteiger charge is -2.13. The summed E-state index contributed by atoms with van der Waals surface area (Å²) >= 11 is 1.25. The minimum absolute atomic E-state index is 0.108. The van der Waals surface area contributed by atoms with Crippen LogP contribution in [0, 0.1) is 0 Å². The van der Waals surface area contributed by atoms with Crippen molar-refractivity contribution in [2.45, 2.75) is 0 Å². The Labute approximate surface area is 153 Å². The lowest BCUT2D eigenvalue weighted by Crippen LogP contribution is -2.21. The smallest absolute Gasteiger partial charge is 0.226 e. The molecule has 0 saturated heterocycles. The van der Waals surface area contributed by atoms with Crippen molar-refractivity contribution in [2.24, 2.45) is 0 Å². The van der Waals surface area contributed by atoms with Gasteiger partial charge in [0, 0.05) is 12.1 Å². The van der Waals surface area contributed by atoms with Crippen molar-refractivity contribution in [2.75, 3.05) is 27.2 Å². The summed E-state index contributed by atoms with van der Waals surface area (Å²) in [7, 11) is 3.97. The van der Waals surface area contributed by atoms with Gasteiger partial charge in [-0.2, -0.15) is 0 Å². The maximum absolute atomic E-state index is 12.8. The first-order valence-corrected chi connectivity index (χ1v) is 8.95. The summed E-state index contributed by atoms with van der Waals surface area (Å²) < 4.78 is 7.09. The third-order valence-corrected chi connectivity index (χ3v) is 5.02. The van der Waals surface area contributed by atoms with Crippen molar-refractivity contribution in [1.29, 1.82) is 0 Å². The molecule has 0 radical (unpaired) electrons. The van der Waals surface area contributed by atoms with Crippen LogP contribution in [0.4, 0.5) is 0 Å². The number of benzene rings is 1. The topological polar surface area (TPSA) is 77.3 Å². The van der Waals surface area contributed by atoms with Gasteiger partial charge in [0.2, 0.25) is 11.6 Å². The number of ketones is 2. The van der Waals surface area contributed by atoms with Crippen molar-refractivity contribution >= 4 is 22.9 Å². The Kier molecular flexibility index (Phi) is 4.14. The minimum atomic E-state index is -0.250. The third kappa shape index (κ3) is 2.73. The van der Waals surface area contributed by atoms with Crippen LogP contribution in [0.15, 0.2) is 35.7 Å². The molecule has 1 aromatic carbocycles. The van der Waals surface area contributed by atoms with E-state index in [4.69, 9.17) is 4.74 Å². The van der Waals surface area contributed by atoms with E-state index in [-0.39, 0.29) is 23.0 Å². The van der Waals surface area contributed by atoms with E-state index in [1.54, 1.807) is 23.6 Å². The SMILES string of the molecule is CN(C)CCOc1ccc(-n2nnc3c2C(=O)c2ccsc2C3=O)cc1. The summed E-state index contributed by atoms with van der Waals surface area (Å²) in [5.41, 5.74) is 1.39. The Morgan fingerprint density at radius 1 is 1.12 bits per heavy atom. The average Bonchev–Trinajstić information content (AvgIpc) is 3.28. The van der Waals surface area contributed by atoms with Crippen LogP contribution in [0.5, 0.6) is 5.75 Å². The maximum Gasteiger partial charge on any atom is 0.226 e. The molecule has 2 aromatic heterocycles. The lowest BCUT2D eigenvalue weighted by atomic mass is 9.97. The number of likely N-dealkylation sites (N-methyl/N-ethyl adjacent to an activating group) is 1. The van der Waals surface area contributed by atoms with Crippen molar-refractivity contribution in [3.05, 3.63) is 57.5 Å². The number of carbonyl (C=O) groups is 2. The number of rotatable bonds is 5. The summed E-state index contributed by atoms with van der Waals surface area (Å²) in [5.74, 6) is 0.249. The van der Waals surface area contributed by atoms with E-state index in [9.17, 15) is 9.59 Å². The molecule has 8 heteroatoms. The number of hydrogen-bond donors (Lipinski definition) is 0. The average molecular weight is 368 g/mol. The highest BCUT2D eigenvalue weighted by atomic mass is 32.1. The van der Waals surface area contributed by atoms with E-state index in [2.05, 4.69) is 10.3 Å². The molecule has 26 heavy (non-hydrogen) atoms. The fourth-order valence-electron chi connectivity index (χ4n) is 2.75. The third-order valence-electron chi connectivity index (χ3n) is 4.11. The Bertz CT molecular complexity index is 988. The molecule has 1 aliphatic rings. The van der Waals surface area contributed by atoms with E-state index in [1.165, 1.54) is 16.0 Å². The zero-order chi connectivity index (χ0) is 18.3. The Hall–Kier alpha value is -2.84. The first-order valence-electron chi connectivity index (χ1n) is 8.07. The molecule has 132 valence electrons. The van der Waals surface area contributed by atoms with E-state index < -0.39 is 0 Å². The second-order valence-electron chi connectivity index (χ2n) is 6.17. The van der Waals surface area contributed by atoms with E-state index in [0.717, 1.165) is 12.3 Å². The molecule has 0 atom stereocenters. The van der Waals surface area contributed by atoms with Gasteiger partial charge in [-0.15, -0.1) is 16.4 Å². The van der Waals surface area contributed by atoms with Gasteiger partial charge < -0.3 is 9.64 Å². The molecule has 0 N–H and O–H groups in total. The standard InChI is InChI=1S/C18H16N4O3S/c1-21(2)8-9-25-12-5-3-11(4-6-12)22-15-14(19-20-22)17(24)18-13(16(15)23)7-10-26-18/h3-7,10H,8-9H2,1-2H3. The van der Waals surface area contributed by atoms with Crippen LogP contribution >= 0.6 is 11.3 Å². The summed E-state index contributed by atoms with van der Waals surface area (Å²) in [6, 6.07) is 8.87. The Balaban J connectivity index is 1.63. The molecule has 0 bridgehead atoms. The largest absolute Gasteiger partial charge is 0.492 e. The van der Waals surface area contributed by atoms with Gasteiger partial charge in [0.05, 0.1) is 10.6 Å². The summed E-state index contributed by atoms with van der Waals surface area (Å²) in [5, 5.41) is 9.72. The second kappa shape index (κ2) is 6.47. The predicted octanol–water partition coefficient (Wildman–Crippen LogP) is 2.04. The minimum Gasteiger partial charge on any atom is -0.492 e. The molecule has 0 aliphatic heterocycles. The first kappa shape index (κ1) is 16.6. The number of thiophene rings is 1. The zero-order valence-corrected chi connectivity index (χ0v) is 15.1. The van der Waals surface area contributed by atoms with Crippen LogP contribution in [0.2, 0.25) is 0 Å². The van der Waals surface area contributed by atoms with Crippen molar-refractivity contribution < 1.29 is 14.3 Å². The van der Waals surface area contributed by atoms with Crippen LogP contribution in [-0.2, 0) is 0 Å².